The molecule has 0 aliphatic carbocycles. The van der Waals surface area contributed by atoms with Gasteiger partial charge in [-0.2, -0.15) is 0 Å². The third kappa shape index (κ3) is 2.62. The van der Waals surface area contributed by atoms with Gasteiger partial charge in [0.05, 0.1) is 5.56 Å². The van der Waals surface area contributed by atoms with Gasteiger partial charge in [-0.1, -0.05) is 24.3 Å². The summed E-state index contributed by atoms with van der Waals surface area (Å²) in [6.07, 6.45) is 3.91. The summed E-state index contributed by atoms with van der Waals surface area (Å²) >= 11 is 0. The average Bonchev–Trinajstić information content (AvgIpc) is 2.19. The van der Waals surface area contributed by atoms with Gasteiger partial charge in [0.15, 0.2) is 0 Å². The highest BCUT2D eigenvalue weighted by molar-refractivity contribution is 5.98. The van der Waals surface area contributed by atoms with Gasteiger partial charge in [0.1, 0.15) is 0 Å². The fourth-order valence-corrected chi connectivity index (χ4v) is 1.14. The van der Waals surface area contributed by atoms with Crippen molar-refractivity contribution in [3.63, 3.8) is 0 Å². The Morgan fingerprint density at radius 2 is 2.21 bits per heavy atom. The molecule has 0 saturated carbocycles. The molecule has 1 amide bonds. The van der Waals surface area contributed by atoms with Crippen LogP contribution in [0, 0.1) is 0 Å². The molecule has 0 radical (unpaired) electrons. The van der Waals surface area contributed by atoms with Gasteiger partial charge in [0.2, 0.25) is 0 Å². The molecule has 3 N–H and O–H groups in total. The van der Waals surface area contributed by atoms with E-state index in [1.54, 1.807) is 12.1 Å². The summed E-state index contributed by atoms with van der Waals surface area (Å²) in [6.45, 7) is 2.64. The molecule has 0 aliphatic heterocycles. The maximum absolute atomic E-state index is 11.0. The lowest BCUT2D eigenvalue weighted by molar-refractivity contribution is 0.100. The largest absolute Gasteiger partial charge is 0.381 e. The van der Waals surface area contributed by atoms with Crippen LogP contribution in [0.25, 0.3) is 0 Å². The van der Waals surface area contributed by atoms with Crippen molar-refractivity contribution in [2.75, 3.05) is 11.9 Å². The Labute approximate surface area is 83.6 Å². The normalized spacial score (nSPS) is 10.4. The minimum absolute atomic E-state index is 0.409. The number of hydrogen-bond acceptors (Lipinski definition) is 2. The van der Waals surface area contributed by atoms with Crippen molar-refractivity contribution in [2.45, 2.75) is 6.92 Å². The third-order valence-corrected chi connectivity index (χ3v) is 1.84. The first-order valence-corrected chi connectivity index (χ1v) is 4.49. The summed E-state index contributed by atoms with van der Waals surface area (Å²) < 4.78 is 0. The number of anilines is 1. The maximum Gasteiger partial charge on any atom is 0.250 e. The van der Waals surface area contributed by atoms with E-state index in [1.807, 2.05) is 31.2 Å². The number of carbonyl (C=O) groups is 1. The second-order valence-corrected chi connectivity index (χ2v) is 2.86. The molecule has 1 aromatic rings. The zero-order chi connectivity index (χ0) is 10.4. The van der Waals surface area contributed by atoms with E-state index in [0.29, 0.717) is 12.1 Å². The first-order valence-electron chi connectivity index (χ1n) is 4.49. The molecular weight excluding hydrogens is 176 g/mol. The van der Waals surface area contributed by atoms with Crippen LogP contribution in [0.4, 0.5) is 5.69 Å². The predicted octanol–water partition coefficient (Wildman–Crippen LogP) is 1.77. The average molecular weight is 190 g/mol. The Balaban J connectivity index is 2.79. The monoisotopic (exact) mass is 190 g/mol. The Hall–Kier alpha value is -1.77. The van der Waals surface area contributed by atoms with Crippen molar-refractivity contribution in [3.05, 3.63) is 42.0 Å². The third-order valence-electron chi connectivity index (χ3n) is 1.84. The number of amides is 1. The second kappa shape index (κ2) is 5.07. The summed E-state index contributed by atoms with van der Waals surface area (Å²) in [5.41, 5.74) is 6.52. The Morgan fingerprint density at radius 3 is 2.86 bits per heavy atom. The van der Waals surface area contributed by atoms with Crippen LogP contribution in [0.15, 0.2) is 36.4 Å². The quantitative estimate of drug-likeness (QED) is 0.711. The maximum atomic E-state index is 11.0. The van der Waals surface area contributed by atoms with Crippen LogP contribution in [0.2, 0.25) is 0 Å². The van der Waals surface area contributed by atoms with Crippen LogP contribution < -0.4 is 11.1 Å². The molecule has 1 aromatic carbocycles. The zero-order valence-corrected chi connectivity index (χ0v) is 8.16. The van der Waals surface area contributed by atoms with E-state index in [0.717, 1.165) is 5.69 Å². The lowest BCUT2D eigenvalue weighted by atomic mass is 10.1. The van der Waals surface area contributed by atoms with Gasteiger partial charge in [-0.15, -0.1) is 0 Å². The van der Waals surface area contributed by atoms with Crippen molar-refractivity contribution in [2.24, 2.45) is 5.73 Å². The number of nitrogens with two attached hydrogens (primary N) is 1. The molecule has 0 aliphatic rings. The molecule has 0 aromatic heterocycles. The van der Waals surface area contributed by atoms with Crippen molar-refractivity contribution in [1.29, 1.82) is 0 Å². The van der Waals surface area contributed by atoms with Crippen molar-refractivity contribution >= 4 is 11.6 Å². The highest BCUT2D eigenvalue weighted by Crippen LogP contribution is 2.13. The summed E-state index contributed by atoms with van der Waals surface area (Å²) in [4.78, 5) is 11.0. The molecule has 3 nitrogen and oxygen atoms in total. The van der Waals surface area contributed by atoms with Crippen molar-refractivity contribution in [1.82, 2.24) is 0 Å². The lowest BCUT2D eigenvalue weighted by Gasteiger charge is -2.07. The molecular formula is C11H14N2O. The molecule has 0 spiro atoms. The number of carbonyl (C=O) groups excluding carboxylic acids is 1. The topological polar surface area (TPSA) is 55.1 Å². The van der Waals surface area contributed by atoms with E-state index in [1.165, 1.54) is 0 Å². The number of allylic oxidation sites excluding steroid dienone is 1. The van der Waals surface area contributed by atoms with Gasteiger partial charge < -0.3 is 11.1 Å². The number of nitrogens with one attached hydrogen (secondary N) is 1. The highest BCUT2D eigenvalue weighted by atomic mass is 16.1. The van der Waals surface area contributed by atoms with E-state index < -0.39 is 5.91 Å². The fourth-order valence-electron chi connectivity index (χ4n) is 1.14. The number of benzene rings is 1. The van der Waals surface area contributed by atoms with Crippen molar-refractivity contribution in [3.8, 4) is 0 Å². The number of para-hydroxylation sites is 1. The Kier molecular flexibility index (Phi) is 3.73. The molecule has 0 fully saturated rings. The van der Waals surface area contributed by atoms with Crippen LogP contribution >= 0.6 is 0 Å². The van der Waals surface area contributed by atoms with Crippen LogP contribution in [-0.2, 0) is 0 Å². The van der Waals surface area contributed by atoms with Gasteiger partial charge in [-0.3, -0.25) is 4.79 Å². The van der Waals surface area contributed by atoms with Crippen molar-refractivity contribution < 1.29 is 4.79 Å². The molecule has 14 heavy (non-hydrogen) atoms. The van der Waals surface area contributed by atoms with Crippen LogP contribution in [0.5, 0.6) is 0 Å². The SMILES string of the molecule is C/C=C/CNc1ccccc1C(N)=O. The van der Waals surface area contributed by atoms with Crippen LogP contribution in [0.1, 0.15) is 17.3 Å². The standard InChI is InChI=1S/C11H14N2O/c1-2-3-8-13-10-7-5-4-6-9(10)11(12)14/h2-7,13H,8H2,1H3,(H2,12,14)/b3-2+. The van der Waals surface area contributed by atoms with E-state index in [4.69, 9.17) is 5.73 Å². The van der Waals surface area contributed by atoms with E-state index in [-0.39, 0.29) is 0 Å². The molecule has 0 atom stereocenters. The van der Waals surface area contributed by atoms with Crippen LogP contribution in [0.3, 0.4) is 0 Å². The zero-order valence-electron chi connectivity index (χ0n) is 8.16. The Morgan fingerprint density at radius 1 is 1.50 bits per heavy atom. The predicted molar refractivity (Wildman–Crippen MR) is 58.3 cm³/mol. The summed E-state index contributed by atoms with van der Waals surface area (Å²) in [5, 5.41) is 3.11. The second-order valence-electron chi connectivity index (χ2n) is 2.86. The number of rotatable bonds is 4. The first-order chi connectivity index (χ1) is 6.75. The molecule has 3 heteroatoms. The van der Waals surface area contributed by atoms with Crippen LogP contribution in [-0.4, -0.2) is 12.5 Å². The van der Waals surface area contributed by atoms with E-state index >= 15 is 0 Å². The molecule has 1 rings (SSSR count). The first kappa shape index (κ1) is 10.3. The van der Waals surface area contributed by atoms with Gasteiger partial charge in [0, 0.05) is 12.2 Å². The minimum Gasteiger partial charge on any atom is -0.381 e. The molecule has 0 bridgehead atoms. The molecule has 0 heterocycles. The number of hydrogen-bond donors (Lipinski definition) is 2. The van der Waals surface area contributed by atoms with Gasteiger partial charge in [-0.05, 0) is 19.1 Å². The fraction of sp³-hybridized carbons (Fsp3) is 0.182. The summed E-state index contributed by atoms with van der Waals surface area (Å²) in [6, 6.07) is 7.20. The lowest BCUT2D eigenvalue weighted by Crippen LogP contribution is -2.14. The van der Waals surface area contributed by atoms with Gasteiger partial charge in [0.25, 0.3) is 5.91 Å². The summed E-state index contributed by atoms with van der Waals surface area (Å²) in [7, 11) is 0. The van der Waals surface area contributed by atoms with E-state index in [2.05, 4.69) is 5.32 Å². The summed E-state index contributed by atoms with van der Waals surface area (Å²) in [5.74, 6) is -0.409. The Bertz CT molecular complexity index is 345. The molecule has 74 valence electrons. The van der Waals surface area contributed by atoms with Gasteiger partial charge >= 0.3 is 0 Å². The minimum atomic E-state index is -0.409. The molecule has 0 saturated heterocycles. The van der Waals surface area contributed by atoms with Gasteiger partial charge in [-0.25, -0.2) is 0 Å². The highest BCUT2D eigenvalue weighted by Gasteiger charge is 2.04. The smallest absolute Gasteiger partial charge is 0.250 e. The molecule has 0 unspecified atom stereocenters. The van der Waals surface area contributed by atoms with E-state index in [9.17, 15) is 4.79 Å². The number of primary amides is 1.